The lowest BCUT2D eigenvalue weighted by molar-refractivity contribution is 0.0959. The van der Waals surface area contributed by atoms with Gasteiger partial charge in [0.15, 0.2) is 0 Å². The zero-order valence-corrected chi connectivity index (χ0v) is 16.8. The third-order valence-electron chi connectivity index (χ3n) is 3.38. The van der Waals surface area contributed by atoms with Crippen LogP contribution in [0.15, 0.2) is 45.3 Å². The largest absolute Gasteiger partial charge is 0.283 e. The minimum Gasteiger partial charge on any atom is -0.266 e. The Morgan fingerprint density at radius 3 is 2.92 bits per heavy atom. The van der Waals surface area contributed by atoms with Gasteiger partial charge in [-0.25, -0.2) is 5.43 Å². The molecule has 1 N–H and O–H groups in total. The Hall–Kier alpha value is -1.21. The number of hydrogen-bond acceptors (Lipinski definition) is 4. The second-order valence-corrected chi connectivity index (χ2v) is 8.41. The Kier molecular flexibility index (Phi) is 5.71. The molecule has 2 heterocycles. The first-order chi connectivity index (χ1) is 11.6. The van der Waals surface area contributed by atoms with Gasteiger partial charge in [-0.15, -0.1) is 22.7 Å². The van der Waals surface area contributed by atoms with E-state index in [-0.39, 0.29) is 5.91 Å². The van der Waals surface area contributed by atoms with Crippen LogP contribution >= 0.6 is 50.2 Å². The molecule has 2 aromatic heterocycles. The maximum absolute atomic E-state index is 12.5. The van der Waals surface area contributed by atoms with Crippen LogP contribution in [0, 0.1) is 0 Å². The third-order valence-corrected chi connectivity index (χ3v) is 6.45. The monoisotopic (exact) mass is 440 g/mol. The number of nitrogens with one attached hydrogen (secondary N) is 1. The van der Waals surface area contributed by atoms with Crippen LogP contribution < -0.4 is 5.43 Å². The van der Waals surface area contributed by atoms with Crippen molar-refractivity contribution >= 4 is 71.9 Å². The van der Waals surface area contributed by atoms with Gasteiger partial charge in [0, 0.05) is 14.6 Å². The number of fused-ring (bicyclic) bond motifs is 1. The van der Waals surface area contributed by atoms with Crippen molar-refractivity contribution < 1.29 is 4.79 Å². The minimum atomic E-state index is -0.275. The summed E-state index contributed by atoms with van der Waals surface area (Å²) >= 11 is 12.8. The van der Waals surface area contributed by atoms with Gasteiger partial charge in [-0.05, 0) is 30.0 Å². The van der Waals surface area contributed by atoms with Gasteiger partial charge in [0.25, 0.3) is 5.91 Å². The number of hydrazone groups is 1. The first kappa shape index (κ1) is 17.6. The molecule has 3 nitrogen and oxygen atoms in total. The van der Waals surface area contributed by atoms with Crippen LogP contribution in [0.2, 0.25) is 5.02 Å². The van der Waals surface area contributed by atoms with E-state index in [0.29, 0.717) is 9.90 Å². The second kappa shape index (κ2) is 7.78. The van der Waals surface area contributed by atoms with Gasteiger partial charge in [0.05, 0.1) is 15.6 Å². The number of carbonyl (C=O) groups excluding carboxylic acids is 1. The lowest BCUT2D eigenvalue weighted by Crippen LogP contribution is -2.19. The molecule has 1 amide bonds. The van der Waals surface area contributed by atoms with Crippen LogP contribution in [-0.4, -0.2) is 11.6 Å². The molecule has 0 atom stereocenters. The van der Waals surface area contributed by atoms with E-state index in [1.165, 1.54) is 11.3 Å². The van der Waals surface area contributed by atoms with Crippen molar-refractivity contribution in [3.8, 4) is 0 Å². The maximum Gasteiger partial charge on any atom is 0.283 e. The van der Waals surface area contributed by atoms with E-state index in [1.54, 1.807) is 11.3 Å². The summed E-state index contributed by atoms with van der Waals surface area (Å²) in [4.78, 5) is 14.1. The smallest absolute Gasteiger partial charge is 0.266 e. The molecule has 3 rings (SSSR count). The molecule has 124 valence electrons. The topological polar surface area (TPSA) is 41.5 Å². The maximum atomic E-state index is 12.5. The van der Waals surface area contributed by atoms with Crippen LogP contribution in [0.3, 0.4) is 0 Å². The first-order valence-corrected chi connectivity index (χ1v) is 10.2. The molecule has 0 fully saturated rings. The number of rotatable bonds is 5. The van der Waals surface area contributed by atoms with E-state index in [2.05, 4.69) is 33.4 Å². The van der Waals surface area contributed by atoms with Gasteiger partial charge in [-0.1, -0.05) is 53.0 Å². The van der Waals surface area contributed by atoms with Gasteiger partial charge < -0.3 is 0 Å². The molecule has 0 bridgehead atoms. The quantitative estimate of drug-likeness (QED) is 0.365. The summed E-state index contributed by atoms with van der Waals surface area (Å²) in [6.45, 7) is 2.09. The fraction of sp³-hybridized carbons (Fsp3) is 0.176. The first-order valence-electron chi connectivity index (χ1n) is 7.38. The van der Waals surface area contributed by atoms with E-state index >= 15 is 0 Å². The molecular weight excluding hydrogens is 428 g/mol. The molecule has 1 aromatic carbocycles. The van der Waals surface area contributed by atoms with Crippen LogP contribution in [0.4, 0.5) is 0 Å². The van der Waals surface area contributed by atoms with Crippen molar-refractivity contribution in [2.75, 3.05) is 0 Å². The summed E-state index contributed by atoms with van der Waals surface area (Å²) in [5, 5.41) is 7.69. The van der Waals surface area contributed by atoms with Crippen molar-refractivity contribution in [1.82, 2.24) is 5.43 Å². The van der Waals surface area contributed by atoms with Crippen molar-refractivity contribution in [2.45, 2.75) is 19.8 Å². The van der Waals surface area contributed by atoms with Gasteiger partial charge in [0.2, 0.25) is 0 Å². The van der Waals surface area contributed by atoms with Crippen molar-refractivity contribution in [2.24, 2.45) is 5.10 Å². The van der Waals surface area contributed by atoms with Crippen molar-refractivity contribution in [3.05, 3.63) is 55.0 Å². The summed E-state index contributed by atoms with van der Waals surface area (Å²) in [5.41, 5.74) is 3.55. The third kappa shape index (κ3) is 3.72. The fourth-order valence-electron chi connectivity index (χ4n) is 2.27. The number of thiophene rings is 2. The SMILES string of the molecule is CCC/C(=N/NC(=O)c1sc2cc(Br)ccc2c1Cl)c1cccs1. The highest BCUT2D eigenvalue weighted by Crippen LogP contribution is 2.36. The molecule has 0 aliphatic carbocycles. The molecule has 24 heavy (non-hydrogen) atoms. The Morgan fingerprint density at radius 2 is 2.21 bits per heavy atom. The number of benzene rings is 1. The van der Waals surface area contributed by atoms with E-state index in [1.807, 2.05) is 35.7 Å². The number of nitrogens with zero attached hydrogens (tertiary/aromatic N) is 1. The predicted octanol–water partition coefficient (Wildman–Crippen LogP) is 6.31. The molecule has 0 radical (unpaired) electrons. The summed E-state index contributed by atoms with van der Waals surface area (Å²) in [7, 11) is 0. The number of halogens is 2. The molecule has 7 heteroatoms. The molecular formula is C17H14BrClN2OS2. The summed E-state index contributed by atoms with van der Waals surface area (Å²) in [5.74, 6) is -0.275. The predicted molar refractivity (Wildman–Crippen MR) is 108 cm³/mol. The van der Waals surface area contributed by atoms with Crippen LogP contribution in [0.5, 0.6) is 0 Å². The van der Waals surface area contributed by atoms with Crippen LogP contribution in [0.1, 0.15) is 34.3 Å². The Bertz CT molecular complexity index is 903. The fourth-order valence-corrected chi connectivity index (χ4v) is 4.97. The molecule has 0 spiro atoms. The molecule has 0 unspecified atom stereocenters. The van der Waals surface area contributed by atoms with Crippen LogP contribution in [-0.2, 0) is 0 Å². The van der Waals surface area contributed by atoms with Gasteiger partial charge >= 0.3 is 0 Å². The Balaban J connectivity index is 1.86. The van der Waals surface area contributed by atoms with E-state index in [0.717, 1.165) is 38.0 Å². The molecule has 3 aromatic rings. The summed E-state index contributed by atoms with van der Waals surface area (Å²) in [6, 6.07) is 9.77. The summed E-state index contributed by atoms with van der Waals surface area (Å²) in [6.07, 6.45) is 1.78. The molecule has 0 saturated heterocycles. The zero-order chi connectivity index (χ0) is 17.1. The Labute approximate surface area is 161 Å². The Morgan fingerprint density at radius 1 is 1.38 bits per heavy atom. The average molecular weight is 442 g/mol. The second-order valence-electron chi connectivity index (χ2n) is 5.11. The normalized spacial score (nSPS) is 11.9. The van der Waals surface area contributed by atoms with Gasteiger partial charge in [-0.3, -0.25) is 4.79 Å². The number of carbonyl (C=O) groups is 1. The van der Waals surface area contributed by atoms with E-state index in [4.69, 9.17) is 11.6 Å². The van der Waals surface area contributed by atoms with Gasteiger partial charge in [0.1, 0.15) is 4.88 Å². The minimum absolute atomic E-state index is 0.275. The van der Waals surface area contributed by atoms with E-state index in [9.17, 15) is 4.79 Å². The molecule has 0 aliphatic heterocycles. The molecule has 0 saturated carbocycles. The highest BCUT2D eigenvalue weighted by Gasteiger charge is 2.17. The lowest BCUT2D eigenvalue weighted by Gasteiger charge is -2.03. The number of amides is 1. The van der Waals surface area contributed by atoms with Crippen molar-refractivity contribution in [1.29, 1.82) is 0 Å². The van der Waals surface area contributed by atoms with Crippen LogP contribution in [0.25, 0.3) is 10.1 Å². The highest BCUT2D eigenvalue weighted by atomic mass is 79.9. The number of hydrogen-bond donors (Lipinski definition) is 1. The van der Waals surface area contributed by atoms with E-state index < -0.39 is 0 Å². The van der Waals surface area contributed by atoms with Crippen molar-refractivity contribution in [3.63, 3.8) is 0 Å². The summed E-state index contributed by atoms with van der Waals surface area (Å²) < 4.78 is 1.93. The zero-order valence-electron chi connectivity index (χ0n) is 12.8. The molecule has 0 aliphatic rings. The lowest BCUT2D eigenvalue weighted by atomic mass is 10.2. The standard InChI is InChI=1S/C17H14BrClN2OS2/c1-2-4-12(13-5-3-8-23-13)20-21-17(22)16-15(19)11-7-6-10(18)9-14(11)24-16/h3,5-9H,2,4H2,1H3,(H,21,22)/b20-12-. The highest BCUT2D eigenvalue weighted by molar-refractivity contribution is 9.10. The average Bonchev–Trinajstić information content (AvgIpc) is 3.19. The van der Waals surface area contributed by atoms with Gasteiger partial charge in [-0.2, -0.15) is 5.10 Å².